The fourth-order valence-corrected chi connectivity index (χ4v) is 3.11. The number of rotatable bonds is 7. The first-order valence-electron chi connectivity index (χ1n) is 9.07. The largest absolute Gasteiger partial charge is 0.341 e. The second-order valence-electron chi connectivity index (χ2n) is 6.72. The SMILES string of the molecule is CN(Cc1cccc(F)c1)C(=O)CCCNC(=O)NC1CCCCC1. The molecule has 0 bridgehead atoms. The second-order valence-corrected chi connectivity index (χ2v) is 6.72. The lowest BCUT2D eigenvalue weighted by Crippen LogP contribution is -2.43. The van der Waals surface area contributed by atoms with Gasteiger partial charge in [0.05, 0.1) is 0 Å². The minimum absolute atomic E-state index is 0.0150. The van der Waals surface area contributed by atoms with Gasteiger partial charge in [-0.1, -0.05) is 31.4 Å². The van der Waals surface area contributed by atoms with Crippen molar-refractivity contribution in [3.63, 3.8) is 0 Å². The van der Waals surface area contributed by atoms with Gasteiger partial charge in [-0.2, -0.15) is 0 Å². The Kier molecular flexibility index (Phi) is 7.70. The first-order chi connectivity index (χ1) is 12.0. The van der Waals surface area contributed by atoms with Crippen molar-refractivity contribution in [2.24, 2.45) is 0 Å². The maximum absolute atomic E-state index is 13.2. The average molecular weight is 349 g/mol. The maximum atomic E-state index is 13.2. The molecule has 1 aliphatic rings. The van der Waals surface area contributed by atoms with Crippen LogP contribution in [0, 0.1) is 5.82 Å². The number of carbonyl (C=O) groups is 2. The van der Waals surface area contributed by atoms with Crippen LogP contribution in [-0.2, 0) is 11.3 Å². The molecule has 138 valence electrons. The molecule has 2 rings (SSSR count). The molecule has 2 N–H and O–H groups in total. The first kappa shape index (κ1) is 19.2. The highest BCUT2D eigenvalue weighted by Gasteiger charge is 2.15. The van der Waals surface area contributed by atoms with Crippen LogP contribution in [0.5, 0.6) is 0 Å². The van der Waals surface area contributed by atoms with Crippen molar-refractivity contribution in [1.29, 1.82) is 0 Å². The number of nitrogens with zero attached hydrogens (tertiary/aromatic N) is 1. The van der Waals surface area contributed by atoms with Gasteiger partial charge in [-0.05, 0) is 37.0 Å². The lowest BCUT2D eigenvalue weighted by Gasteiger charge is -2.23. The Morgan fingerprint density at radius 3 is 2.72 bits per heavy atom. The normalized spacial score (nSPS) is 14.8. The van der Waals surface area contributed by atoms with E-state index in [0.29, 0.717) is 25.9 Å². The third-order valence-electron chi connectivity index (χ3n) is 4.53. The van der Waals surface area contributed by atoms with Gasteiger partial charge in [-0.3, -0.25) is 4.79 Å². The van der Waals surface area contributed by atoms with E-state index in [1.54, 1.807) is 24.1 Å². The van der Waals surface area contributed by atoms with Gasteiger partial charge < -0.3 is 15.5 Å². The molecule has 1 aromatic rings. The summed E-state index contributed by atoms with van der Waals surface area (Å²) in [5.41, 5.74) is 0.765. The lowest BCUT2D eigenvalue weighted by atomic mass is 9.96. The summed E-state index contributed by atoms with van der Waals surface area (Å²) in [4.78, 5) is 25.5. The molecule has 0 heterocycles. The van der Waals surface area contributed by atoms with Crippen molar-refractivity contribution in [2.45, 2.75) is 57.5 Å². The Labute approximate surface area is 149 Å². The minimum atomic E-state index is -0.300. The van der Waals surface area contributed by atoms with E-state index in [1.807, 2.05) is 0 Å². The van der Waals surface area contributed by atoms with Crippen molar-refractivity contribution >= 4 is 11.9 Å². The molecule has 25 heavy (non-hydrogen) atoms. The topological polar surface area (TPSA) is 61.4 Å². The molecule has 1 aromatic carbocycles. The number of benzene rings is 1. The molecule has 3 amide bonds. The molecule has 0 aliphatic heterocycles. The van der Waals surface area contributed by atoms with E-state index < -0.39 is 0 Å². The van der Waals surface area contributed by atoms with Gasteiger partial charge in [-0.15, -0.1) is 0 Å². The van der Waals surface area contributed by atoms with Crippen LogP contribution in [0.4, 0.5) is 9.18 Å². The molecule has 0 aromatic heterocycles. The fraction of sp³-hybridized carbons (Fsp3) is 0.579. The van der Waals surface area contributed by atoms with Crippen molar-refractivity contribution in [1.82, 2.24) is 15.5 Å². The molecule has 0 atom stereocenters. The number of halogens is 1. The van der Waals surface area contributed by atoms with Gasteiger partial charge in [0.2, 0.25) is 5.91 Å². The first-order valence-corrected chi connectivity index (χ1v) is 9.07. The van der Waals surface area contributed by atoms with Crippen molar-refractivity contribution < 1.29 is 14.0 Å². The number of carbonyl (C=O) groups excluding carboxylic acids is 2. The summed E-state index contributed by atoms with van der Waals surface area (Å²) in [7, 11) is 1.70. The Bertz CT molecular complexity index is 574. The Morgan fingerprint density at radius 2 is 2.00 bits per heavy atom. The predicted molar refractivity (Wildman–Crippen MR) is 95.5 cm³/mol. The van der Waals surface area contributed by atoms with E-state index in [0.717, 1.165) is 18.4 Å². The summed E-state index contributed by atoms with van der Waals surface area (Å²) in [5.74, 6) is -0.315. The molecular weight excluding hydrogens is 321 g/mol. The Hall–Kier alpha value is -2.11. The van der Waals surface area contributed by atoms with Crippen LogP contribution in [0.2, 0.25) is 0 Å². The van der Waals surface area contributed by atoms with Crippen LogP contribution in [-0.4, -0.2) is 36.5 Å². The third-order valence-corrected chi connectivity index (χ3v) is 4.53. The summed E-state index contributed by atoms with van der Waals surface area (Å²) >= 11 is 0. The van der Waals surface area contributed by atoms with Crippen LogP contribution in [0.3, 0.4) is 0 Å². The highest BCUT2D eigenvalue weighted by atomic mass is 19.1. The van der Waals surface area contributed by atoms with Crippen molar-refractivity contribution in [3.8, 4) is 0 Å². The molecule has 0 spiro atoms. The zero-order chi connectivity index (χ0) is 18.1. The van der Waals surface area contributed by atoms with Gasteiger partial charge in [0.1, 0.15) is 5.82 Å². The monoisotopic (exact) mass is 349 g/mol. The van der Waals surface area contributed by atoms with Gasteiger partial charge in [0.25, 0.3) is 0 Å². The molecule has 1 saturated carbocycles. The average Bonchev–Trinajstić information content (AvgIpc) is 2.59. The second kappa shape index (κ2) is 10.0. The van der Waals surface area contributed by atoms with Crippen LogP contribution >= 0.6 is 0 Å². The van der Waals surface area contributed by atoms with E-state index in [2.05, 4.69) is 10.6 Å². The van der Waals surface area contributed by atoms with E-state index in [9.17, 15) is 14.0 Å². The van der Waals surface area contributed by atoms with Gasteiger partial charge >= 0.3 is 6.03 Å². The van der Waals surface area contributed by atoms with Gasteiger partial charge in [-0.25, -0.2) is 9.18 Å². The third kappa shape index (κ3) is 7.11. The standard InChI is InChI=1S/C19H28FN3O2/c1-23(14-15-7-5-8-16(20)13-15)18(24)11-6-12-21-19(25)22-17-9-3-2-4-10-17/h5,7-8,13,17H,2-4,6,9-12,14H2,1H3,(H2,21,22,25). The smallest absolute Gasteiger partial charge is 0.315 e. The summed E-state index contributed by atoms with van der Waals surface area (Å²) in [6.45, 7) is 0.851. The van der Waals surface area contributed by atoms with Gasteiger partial charge in [0.15, 0.2) is 0 Å². The van der Waals surface area contributed by atoms with Crippen molar-refractivity contribution in [3.05, 3.63) is 35.6 Å². The molecule has 0 unspecified atom stereocenters. The van der Waals surface area contributed by atoms with Crippen LogP contribution < -0.4 is 10.6 Å². The Balaban J connectivity index is 1.60. The van der Waals surface area contributed by atoms with Crippen LogP contribution in [0.1, 0.15) is 50.5 Å². The summed E-state index contributed by atoms with van der Waals surface area (Å²) in [6.07, 6.45) is 6.66. The molecule has 0 radical (unpaired) electrons. The molecule has 5 nitrogen and oxygen atoms in total. The van der Waals surface area contributed by atoms with E-state index in [4.69, 9.17) is 0 Å². The predicted octanol–water partition coefficient (Wildman–Crippen LogP) is 3.20. The van der Waals surface area contributed by atoms with Gasteiger partial charge in [0, 0.05) is 32.6 Å². The zero-order valence-corrected chi connectivity index (χ0v) is 14.9. The number of nitrogens with one attached hydrogen (secondary N) is 2. The number of hydrogen-bond donors (Lipinski definition) is 2. The summed E-state index contributed by atoms with van der Waals surface area (Å²) in [5, 5.41) is 5.80. The highest BCUT2D eigenvalue weighted by Crippen LogP contribution is 2.17. The molecule has 1 aliphatic carbocycles. The van der Waals surface area contributed by atoms with Crippen molar-refractivity contribution in [2.75, 3.05) is 13.6 Å². The molecule has 1 fully saturated rings. The van der Waals surface area contributed by atoms with E-state index in [1.165, 1.54) is 31.4 Å². The lowest BCUT2D eigenvalue weighted by molar-refractivity contribution is -0.130. The van der Waals surface area contributed by atoms with Crippen LogP contribution in [0.15, 0.2) is 24.3 Å². The summed E-state index contributed by atoms with van der Waals surface area (Å²) in [6, 6.07) is 6.39. The number of hydrogen-bond acceptors (Lipinski definition) is 2. The summed E-state index contributed by atoms with van der Waals surface area (Å²) < 4.78 is 13.2. The Morgan fingerprint density at radius 1 is 1.24 bits per heavy atom. The zero-order valence-electron chi connectivity index (χ0n) is 14.9. The quantitative estimate of drug-likeness (QED) is 0.743. The van der Waals surface area contributed by atoms with E-state index in [-0.39, 0.29) is 23.8 Å². The van der Waals surface area contributed by atoms with Crippen LogP contribution in [0.25, 0.3) is 0 Å². The fourth-order valence-electron chi connectivity index (χ4n) is 3.11. The molecule has 0 saturated heterocycles. The minimum Gasteiger partial charge on any atom is -0.341 e. The number of amides is 3. The molecular formula is C19H28FN3O2. The molecule has 6 heteroatoms. The maximum Gasteiger partial charge on any atom is 0.315 e. The van der Waals surface area contributed by atoms with E-state index >= 15 is 0 Å². The number of urea groups is 1. The highest BCUT2D eigenvalue weighted by molar-refractivity contribution is 5.76.